The topological polar surface area (TPSA) is 64.4 Å². The monoisotopic (exact) mass is 466 g/mol. The maximum atomic E-state index is 12.4. The van der Waals surface area contributed by atoms with Crippen molar-refractivity contribution in [2.24, 2.45) is 0 Å². The van der Waals surface area contributed by atoms with Gasteiger partial charge < -0.3 is 14.5 Å². The van der Waals surface area contributed by atoms with Crippen molar-refractivity contribution in [2.45, 2.75) is 13.8 Å². The van der Waals surface area contributed by atoms with Gasteiger partial charge in [0, 0.05) is 27.9 Å². The zero-order chi connectivity index (χ0) is 22.8. The lowest BCUT2D eigenvalue weighted by molar-refractivity contribution is -0.111. The van der Waals surface area contributed by atoms with E-state index in [0.29, 0.717) is 44.0 Å². The summed E-state index contributed by atoms with van der Waals surface area (Å²) in [5.74, 6) is 0.670. The number of ether oxygens (including phenoxy) is 1. The van der Waals surface area contributed by atoms with Crippen molar-refractivity contribution in [1.82, 2.24) is 4.98 Å². The van der Waals surface area contributed by atoms with Crippen LogP contribution in [-0.2, 0) is 4.79 Å². The van der Waals surface area contributed by atoms with Crippen LogP contribution in [0.2, 0.25) is 10.0 Å². The van der Waals surface area contributed by atoms with Crippen LogP contribution < -0.4 is 10.1 Å². The molecule has 0 fully saturated rings. The van der Waals surface area contributed by atoms with E-state index in [1.165, 1.54) is 13.2 Å². The van der Waals surface area contributed by atoms with Crippen molar-refractivity contribution in [3.8, 4) is 17.2 Å². The van der Waals surface area contributed by atoms with Crippen LogP contribution in [0.3, 0.4) is 0 Å². The molecule has 0 spiro atoms. The molecule has 1 heterocycles. The second-order valence-electron chi connectivity index (χ2n) is 7.41. The minimum absolute atomic E-state index is 0.319. The van der Waals surface area contributed by atoms with E-state index in [1.807, 2.05) is 26.0 Å². The van der Waals surface area contributed by atoms with Crippen molar-refractivity contribution in [1.29, 1.82) is 0 Å². The Morgan fingerprint density at radius 1 is 1.06 bits per heavy atom. The average Bonchev–Trinajstić information content (AvgIpc) is 3.15. The smallest absolute Gasteiger partial charge is 0.248 e. The summed E-state index contributed by atoms with van der Waals surface area (Å²) in [6.07, 6.45) is 2.98. The van der Waals surface area contributed by atoms with Gasteiger partial charge in [-0.25, -0.2) is 4.98 Å². The van der Waals surface area contributed by atoms with Gasteiger partial charge >= 0.3 is 0 Å². The summed E-state index contributed by atoms with van der Waals surface area (Å²) in [6.45, 7) is 4.07. The lowest BCUT2D eigenvalue weighted by Gasteiger charge is -2.08. The van der Waals surface area contributed by atoms with Gasteiger partial charge in [0.15, 0.2) is 5.58 Å². The quantitative estimate of drug-likeness (QED) is 0.319. The number of methoxy groups -OCH3 is 1. The lowest BCUT2D eigenvalue weighted by Crippen LogP contribution is -2.07. The van der Waals surface area contributed by atoms with E-state index in [9.17, 15) is 4.79 Å². The molecule has 0 aliphatic heterocycles. The Labute approximate surface area is 195 Å². The number of nitrogens with one attached hydrogen (secondary N) is 1. The second kappa shape index (κ2) is 9.07. The van der Waals surface area contributed by atoms with E-state index in [2.05, 4.69) is 16.4 Å². The Morgan fingerprint density at radius 3 is 2.53 bits per heavy atom. The number of halogens is 2. The number of carbonyl (C=O) groups is 1. The number of rotatable bonds is 5. The predicted octanol–water partition coefficient (Wildman–Crippen LogP) is 7.08. The number of benzene rings is 3. The molecule has 0 saturated carbocycles. The molecule has 0 radical (unpaired) electrons. The molecule has 3 aromatic carbocycles. The van der Waals surface area contributed by atoms with Crippen molar-refractivity contribution in [3.05, 3.63) is 81.3 Å². The Hall–Kier alpha value is -3.28. The first-order chi connectivity index (χ1) is 15.3. The molecule has 1 N–H and O–H groups in total. The van der Waals surface area contributed by atoms with Gasteiger partial charge in [-0.2, -0.15) is 0 Å². The zero-order valence-corrected chi connectivity index (χ0v) is 19.2. The fourth-order valence-electron chi connectivity index (χ4n) is 3.50. The van der Waals surface area contributed by atoms with E-state index in [1.54, 1.807) is 36.4 Å². The van der Waals surface area contributed by atoms with Crippen molar-refractivity contribution in [3.63, 3.8) is 0 Å². The normalized spacial score (nSPS) is 11.3. The molecule has 1 amide bonds. The van der Waals surface area contributed by atoms with Crippen LogP contribution in [0.15, 0.2) is 59.0 Å². The Bertz CT molecular complexity index is 1340. The summed E-state index contributed by atoms with van der Waals surface area (Å²) in [5.41, 5.74) is 5.70. The highest BCUT2D eigenvalue weighted by Crippen LogP contribution is 2.33. The van der Waals surface area contributed by atoms with Crippen molar-refractivity contribution < 1.29 is 13.9 Å². The van der Waals surface area contributed by atoms with Crippen LogP contribution >= 0.6 is 23.2 Å². The van der Waals surface area contributed by atoms with Crippen LogP contribution in [0.25, 0.3) is 28.6 Å². The Morgan fingerprint density at radius 2 is 1.81 bits per heavy atom. The third-order valence-corrected chi connectivity index (χ3v) is 5.28. The molecule has 1 aromatic heterocycles. The number of oxazole rings is 1. The number of amides is 1. The van der Waals surface area contributed by atoms with Gasteiger partial charge in [-0.05, 0) is 62.4 Å². The van der Waals surface area contributed by atoms with Crippen LogP contribution in [0.1, 0.15) is 16.7 Å². The average molecular weight is 467 g/mol. The van der Waals surface area contributed by atoms with Crippen LogP contribution in [0.4, 0.5) is 5.69 Å². The van der Waals surface area contributed by atoms with E-state index in [4.69, 9.17) is 32.4 Å². The molecule has 4 aromatic rings. The van der Waals surface area contributed by atoms with Crippen LogP contribution in [-0.4, -0.2) is 18.0 Å². The molecule has 0 saturated heterocycles. The first-order valence-corrected chi connectivity index (χ1v) is 10.6. The summed E-state index contributed by atoms with van der Waals surface area (Å²) in [6, 6.07) is 14.7. The van der Waals surface area contributed by atoms with E-state index in [0.717, 1.165) is 16.7 Å². The number of hydrogen-bond acceptors (Lipinski definition) is 4. The predicted molar refractivity (Wildman–Crippen MR) is 130 cm³/mol. The third kappa shape index (κ3) is 4.79. The second-order valence-corrected chi connectivity index (χ2v) is 8.25. The standard InChI is InChI=1S/C25H20Cl2N2O3/c1-14-8-15(2)10-17(9-14)25-29-21-13-19(5-6-22(21)32-25)28-23(30)7-4-16-11-18(26)12-20(27)24(16)31-3/h4-13H,1-3H3,(H,28,30)/b7-4+. The van der Waals surface area contributed by atoms with Crippen LogP contribution in [0.5, 0.6) is 5.75 Å². The molecule has 0 atom stereocenters. The third-order valence-electron chi connectivity index (χ3n) is 4.78. The molecule has 0 unspecified atom stereocenters. The first kappa shape index (κ1) is 21.9. The van der Waals surface area contributed by atoms with Crippen molar-refractivity contribution >= 4 is 52.0 Å². The number of hydrogen-bond donors (Lipinski definition) is 1. The fourth-order valence-corrected chi connectivity index (χ4v) is 4.08. The molecular weight excluding hydrogens is 447 g/mol. The van der Waals surface area contributed by atoms with E-state index in [-0.39, 0.29) is 5.91 Å². The summed E-state index contributed by atoms with van der Waals surface area (Å²) >= 11 is 12.2. The first-order valence-electron chi connectivity index (χ1n) is 9.84. The summed E-state index contributed by atoms with van der Waals surface area (Å²) in [5, 5.41) is 3.65. The number of anilines is 1. The minimum Gasteiger partial charge on any atom is -0.495 e. The molecule has 4 rings (SSSR count). The Kier molecular flexibility index (Phi) is 6.21. The SMILES string of the molecule is COc1c(Cl)cc(Cl)cc1/C=C/C(=O)Nc1ccc2oc(-c3cc(C)cc(C)c3)nc2c1. The molecule has 32 heavy (non-hydrogen) atoms. The van der Waals surface area contributed by atoms with Gasteiger partial charge in [-0.15, -0.1) is 0 Å². The zero-order valence-electron chi connectivity index (χ0n) is 17.7. The van der Waals surface area contributed by atoms with Gasteiger partial charge in [-0.3, -0.25) is 4.79 Å². The van der Waals surface area contributed by atoms with Gasteiger partial charge in [0.05, 0.1) is 12.1 Å². The number of fused-ring (bicyclic) bond motifs is 1. The lowest BCUT2D eigenvalue weighted by atomic mass is 10.1. The van der Waals surface area contributed by atoms with Gasteiger partial charge in [0.1, 0.15) is 11.3 Å². The number of carbonyl (C=O) groups excluding carboxylic acids is 1. The molecule has 7 heteroatoms. The fraction of sp³-hybridized carbons (Fsp3) is 0.120. The molecule has 0 bridgehead atoms. The summed E-state index contributed by atoms with van der Waals surface area (Å²) in [7, 11) is 1.51. The highest BCUT2D eigenvalue weighted by Gasteiger charge is 2.11. The van der Waals surface area contributed by atoms with E-state index < -0.39 is 0 Å². The number of aromatic nitrogens is 1. The van der Waals surface area contributed by atoms with Gasteiger partial charge in [0.25, 0.3) is 0 Å². The molecule has 0 aliphatic rings. The highest BCUT2D eigenvalue weighted by atomic mass is 35.5. The highest BCUT2D eigenvalue weighted by molar-refractivity contribution is 6.36. The van der Waals surface area contributed by atoms with Gasteiger partial charge in [-0.1, -0.05) is 40.4 Å². The van der Waals surface area contributed by atoms with E-state index >= 15 is 0 Å². The summed E-state index contributed by atoms with van der Waals surface area (Å²) < 4.78 is 11.2. The largest absolute Gasteiger partial charge is 0.495 e. The number of nitrogens with zero attached hydrogens (tertiary/aromatic N) is 1. The molecule has 5 nitrogen and oxygen atoms in total. The minimum atomic E-state index is -0.319. The molecule has 0 aliphatic carbocycles. The number of aryl methyl sites for hydroxylation is 2. The Balaban J connectivity index is 1.54. The van der Waals surface area contributed by atoms with Gasteiger partial charge in [0.2, 0.25) is 11.8 Å². The molecular formula is C25H20Cl2N2O3. The molecule has 162 valence electrons. The van der Waals surface area contributed by atoms with Crippen molar-refractivity contribution in [2.75, 3.05) is 12.4 Å². The summed E-state index contributed by atoms with van der Waals surface area (Å²) in [4.78, 5) is 17.0. The maximum Gasteiger partial charge on any atom is 0.248 e. The van der Waals surface area contributed by atoms with Crippen LogP contribution in [0, 0.1) is 13.8 Å². The maximum absolute atomic E-state index is 12.4.